The van der Waals surface area contributed by atoms with Crippen LogP contribution in [0.25, 0.3) is 0 Å². The monoisotopic (exact) mass is 298 g/mol. The molecule has 21 heavy (non-hydrogen) atoms. The van der Waals surface area contributed by atoms with Gasteiger partial charge in [0.15, 0.2) is 0 Å². The first kappa shape index (κ1) is 17.2. The Labute approximate surface area is 130 Å². The van der Waals surface area contributed by atoms with E-state index in [2.05, 4.69) is 31.0 Å². The molecule has 2 fully saturated rings. The van der Waals surface area contributed by atoms with Crippen molar-refractivity contribution in [3.05, 3.63) is 0 Å². The minimum absolute atomic E-state index is 0.269. The van der Waals surface area contributed by atoms with Crippen LogP contribution in [-0.2, 0) is 9.47 Å². The molecule has 2 unspecified atom stereocenters. The number of piperazine rings is 1. The van der Waals surface area contributed by atoms with E-state index in [4.69, 9.17) is 9.47 Å². The van der Waals surface area contributed by atoms with E-state index in [0.29, 0.717) is 18.8 Å². The summed E-state index contributed by atoms with van der Waals surface area (Å²) >= 11 is 0. The number of hydrogen-bond acceptors (Lipinski definition) is 4. The van der Waals surface area contributed by atoms with Crippen LogP contribution in [0.2, 0.25) is 0 Å². The number of ether oxygens (including phenoxy) is 2. The van der Waals surface area contributed by atoms with Crippen molar-refractivity contribution in [2.24, 2.45) is 5.92 Å². The zero-order valence-electron chi connectivity index (χ0n) is 14.4. The van der Waals surface area contributed by atoms with Crippen LogP contribution in [0, 0.1) is 5.92 Å². The van der Waals surface area contributed by atoms with Gasteiger partial charge in [-0.15, -0.1) is 0 Å². The van der Waals surface area contributed by atoms with Crippen LogP contribution in [0.4, 0.5) is 0 Å². The summed E-state index contributed by atoms with van der Waals surface area (Å²) in [6, 6.07) is 0. The standard InChI is InChI=1S/C17H34N2O2/c1-5-16(2)14-19(9-6-10-21-12-11-20-4)17(3,13-18-16)15-7-8-15/h15,18H,5-14H2,1-4H3. The van der Waals surface area contributed by atoms with Crippen molar-refractivity contribution in [1.29, 1.82) is 0 Å². The minimum atomic E-state index is 0.269. The number of methoxy groups -OCH3 is 1. The summed E-state index contributed by atoms with van der Waals surface area (Å²) in [4.78, 5) is 2.74. The zero-order valence-corrected chi connectivity index (χ0v) is 14.4. The third-order valence-corrected chi connectivity index (χ3v) is 5.52. The van der Waals surface area contributed by atoms with Gasteiger partial charge in [-0.05, 0) is 45.4 Å². The molecule has 0 aromatic heterocycles. The third kappa shape index (κ3) is 4.41. The summed E-state index contributed by atoms with van der Waals surface area (Å²) in [7, 11) is 1.72. The Balaban J connectivity index is 1.82. The first-order valence-electron chi connectivity index (χ1n) is 8.61. The smallest absolute Gasteiger partial charge is 0.0700 e. The van der Waals surface area contributed by atoms with E-state index in [-0.39, 0.29) is 5.54 Å². The maximum absolute atomic E-state index is 5.62. The Morgan fingerprint density at radius 2 is 1.95 bits per heavy atom. The van der Waals surface area contributed by atoms with Crippen molar-refractivity contribution >= 4 is 0 Å². The maximum Gasteiger partial charge on any atom is 0.0700 e. The molecule has 1 saturated carbocycles. The molecule has 0 amide bonds. The fourth-order valence-electron chi connectivity index (χ4n) is 3.44. The number of nitrogens with one attached hydrogen (secondary N) is 1. The van der Waals surface area contributed by atoms with Crippen LogP contribution in [0.3, 0.4) is 0 Å². The van der Waals surface area contributed by atoms with Crippen LogP contribution >= 0.6 is 0 Å². The van der Waals surface area contributed by atoms with Crippen LogP contribution in [-0.4, -0.2) is 62.5 Å². The van der Waals surface area contributed by atoms with Crippen LogP contribution in [0.1, 0.15) is 46.5 Å². The molecule has 1 aliphatic carbocycles. The molecule has 0 spiro atoms. The van der Waals surface area contributed by atoms with Crippen molar-refractivity contribution in [3.8, 4) is 0 Å². The highest BCUT2D eigenvalue weighted by Crippen LogP contribution is 2.45. The van der Waals surface area contributed by atoms with Gasteiger partial charge in [0, 0.05) is 44.4 Å². The average molecular weight is 298 g/mol. The van der Waals surface area contributed by atoms with E-state index in [1.807, 2.05) is 0 Å². The second kappa shape index (κ2) is 7.40. The van der Waals surface area contributed by atoms with Gasteiger partial charge in [-0.1, -0.05) is 6.92 Å². The molecule has 2 aliphatic rings. The van der Waals surface area contributed by atoms with Crippen molar-refractivity contribution < 1.29 is 9.47 Å². The lowest BCUT2D eigenvalue weighted by atomic mass is 9.84. The molecule has 0 aromatic carbocycles. The summed E-state index contributed by atoms with van der Waals surface area (Å²) in [5, 5.41) is 3.82. The largest absolute Gasteiger partial charge is 0.382 e. The highest BCUT2D eigenvalue weighted by molar-refractivity contribution is 5.07. The van der Waals surface area contributed by atoms with Crippen LogP contribution in [0.15, 0.2) is 0 Å². The molecule has 2 rings (SSSR count). The second-order valence-corrected chi connectivity index (χ2v) is 7.28. The predicted octanol–water partition coefficient (Wildman–Crippen LogP) is 2.28. The van der Waals surface area contributed by atoms with Crippen LogP contribution in [0.5, 0.6) is 0 Å². The Morgan fingerprint density at radius 3 is 2.57 bits per heavy atom. The molecule has 1 heterocycles. The molecule has 124 valence electrons. The number of nitrogens with zero attached hydrogens (tertiary/aromatic N) is 1. The molecule has 1 N–H and O–H groups in total. The van der Waals surface area contributed by atoms with Gasteiger partial charge in [0.1, 0.15) is 0 Å². The SMILES string of the molecule is CCC1(C)CN(CCCOCCOC)C(C)(C2CC2)CN1. The van der Waals surface area contributed by atoms with Crippen LogP contribution < -0.4 is 5.32 Å². The highest BCUT2D eigenvalue weighted by atomic mass is 16.5. The molecule has 1 aliphatic heterocycles. The average Bonchev–Trinajstić information content (AvgIpc) is 3.31. The van der Waals surface area contributed by atoms with Gasteiger partial charge in [-0.3, -0.25) is 4.90 Å². The molecule has 0 aromatic rings. The van der Waals surface area contributed by atoms with Crippen molar-refractivity contribution in [1.82, 2.24) is 10.2 Å². The molecule has 2 atom stereocenters. The molecule has 0 radical (unpaired) electrons. The molecule has 4 nitrogen and oxygen atoms in total. The predicted molar refractivity (Wildman–Crippen MR) is 86.7 cm³/mol. The lowest BCUT2D eigenvalue weighted by Crippen LogP contribution is -2.69. The van der Waals surface area contributed by atoms with Gasteiger partial charge in [0.25, 0.3) is 0 Å². The van der Waals surface area contributed by atoms with Gasteiger partial charge in [0.05, 0.1) is 13.2 Å². The molecule has 0 bridgehead atoms. The van der Waals surface area contributed by atoms with Gasteiger partial charge < -0.3 is 14.8 Å². The lowest BCUT2D eigenvalue weighted by Gasteiger charge is -2.53. The summed E-state index contributed by atoms with van der Waals surface area (Å²) in [6.45, 7) is 12.8. The Kier molecular flexibility index (Phi) is 6.06. The Hall–Kier alpha value is -0.160. The van der Waals surface area contributed by atoms with Crippen molar-refractivity contribution in [3.63, 3.8) is 0 Å². The van der Waals surface area contributed by atoms with Gasteiger partial charge >= 0.3 is 0 Å². The fourth-order valence-corrected chi connectivity index (χ4v) is 3.44. The maximum atomic E-state index is 5.62. The topological polar surface area (TPSA) is 33.7 Å². The molecular weight excluding hydrogens is 264 g/mol. The molecule has 4 heteroatoms. The number of hydrogen-bond donors (Lipinski definition) is 1. The minimum Gasteiger partial charge on any atom is -0.382 e. The van der Waals surface area contributed by atoms with Gasteiger partial charge in [0.2, 0.25) is 0 Å². The van der Waals surface area contributed by atoms with Gasteiger partial charge in [-0.25, -0.2) is 0 Å². The Bertz CT molecular complexity index is 322. The summed E-state index contributed by atoms with van der Waals surface area (Å²) in [6.07, 6.45) is 5.12. The zero-order chi connectivity index (χ0) is 15.3. The van der Waals surface area contributed by atoms with Crippen molar-refractivity contribution in [2.75, 3.05) is 46.6 Å². The quantitative estimate of drug-likeness (QED) is 0.662. The number of rotatable bonds is 9. The highest BCUT2D eigenvalue weighted by Gasteiger charge is 2.49. The van der Waals surface area contributed by atoms with E-state index in [9.17, 15) is 0 Å². The summed E-state index contributed by atoms with van der Waals surface area (Å²) in [5.74, 6) is 0.890. The normalized spacial score (nSPS) is 34.3. The Morgan fingerprint density at radius 1 is 1.19 bits per heavy atom. The fraction of sp³-hybridized carbons (Fsp3) is 1.00. The van der Waals surface area contributed by atoms with E-state index >= 15 is 0 Å². The third-order valence-electron chi connectivity index (χ3n) is 5.52. The lowest BCUT2D eigenvalue weighted by molar-refractivity contribution is -0.00394. The van der Waals surface area contributed by atoms with Gasteiger partial charge in [-0.2, -0.15) is 0 Å². The van der Waals surface area contributed by atoms with E-state index < -0.39 is 0 Å². The summed E-state index contributed by atoms with van der Waals surface area (Å²) in [5.41, 5.74) is 0.618. The second-order valence-electron chi connectivity index (χ2n) is 7.28. The first-order chi connectivity index (χ1) is 10.0. The summed E-state index contributed by atoms with van der Waals surface area (Å²) < 4.78 is 10.6. The molecule has 1 saturated heterocycles. The van der Waals surface area contributed by atoms with E-state index in [1.54, 1.807) is 7.11 Å². The van der Waals surface area contributed by atoms with E-state index in [0.717, 1.165) is 38.6 Å². The van der Waals surface area contributed by atoms with Crippen molar-refractivity contribution in [2.45, 2.75) is 57.5 Å². The molecular formula is C17H34N2O2. The first-order valence-corrected chi connectivity index (χ1v) is 8.61. The van der Waals surface area contributed by atoms with E-state index in [1.165, 1.54) is 19.3 Å².